The standard InChI is InChI=1S/C18H17Br3O2/c19-14-10-12(6-9-15(14)23)18(11-4-7-13(22)8-5-11)16(20)2-1-3-17(18)21/h4-10,16-17,22-23H,1-3H2. The number of halogens is 3. The largest absolute Gasteiger partial charge is 0.508 e. The fourth-order valence-corrected chi connectivity index (χ4v) is 6.60. The van der Waals surface area contributed by atoms with E-state index in [0.29, 0.717) is 4.47 Å². The number of aromatic hydroxyl groups is 2. The van der Waals surface area contributed by atoms with Crippen molar-refractivity contribution in [2.45, 2.75) is 34.3 Å². The Morgan fingerprint density at radius 2 is 1.43 bits per heavy atom. The minimum absolute atomic E-state index is 0.239. The van der Waals surface area contributed by atoms with Gasteiger partial charge in [0.05, 0.1) is 4.47 Å². The van der Waals surface area contributed by atoms with Crippen LogP contribution in [0.1, 0.15) is 30.4 Å². The van der Waals surface area contributed by atoms with Gasteiger partial charge in [-0.3, -0.25) is 0 Å². The number of benzene rings is 2. The Bertz CT molecular complexity index is 690. The lowest BCUT2D eigenvalue weighted by Crippen LogP contribution is -2.47. The molecule has 0 saturated heterocycles. The third kappa shape index (κ3) is 2.96. The lowest BCUT2D eigenvalue weighted by molar-refractivity contribution is 0.378. The summed E-state index contributed by atoms with van der Waals surface area (Å²) in [6.07, 6.45) is 3.30. The first-order valence-electron chi connectivity index (χ1n) is 7.53. The summed E-state index contributed by atoms with van der Waals surface area (Å²) >= 11 is 11.3. The van der Waals surface area contributed by atoms with Crippen molar-refractivity contribution in [3.8, 4) is 11.5 Å². The average Bonchev–Trinajstić information content (AvgIpc) is 2.52. The fraction of sp³-hybridized carbons (Fsp3) is 0.333. The zero-order valence-electron chi connectivity index (χ0n) is 12.3. The van der Waals surface area contributed by atoms with E-state index in [-0.39, 0.29) is 26.6 Å². The molecule has 0 radical (unpaired) electrons. The van der Waals surface area contributed by atoms with E-state index in [1.54, 1.807) is 18.2 Å². The Morgan fingerprint density at radius 3 is 2.00 bits per heavy atom. The van der Waals surface area contributed by atoms with Crippen LogP contribution in [0.5, 0.6) is 11.5 Å². The van der Waals surface area contributed by atoms with Gasteiger partial charge in [0.2, 0.25) is 0 Å². The Balaban J connectivity index is 2.24. The molecule has 1 saturated carbocycles. The molecule has 0 aromatic heterocycles. The summed E-state index contributed by atoms with van der Waals surface area (Å²) in [5, 5.41) is 19.5. The molecule has 2 nitrogen and oxygen atoms in total. The first kappa shape index (κ1) is 17.3. The van der Waals surface area contributed by atoms with Crippen LogP contribution in [0.3, 0.4) is 0 Å². The van der Waals surface area contributed by atoms with Crippen molar-refractivity contribution in [1.29, 1.82) is 0 Å². The molecule has 122 valence electrons. The minimum Gasteiger partial charge on any atom is -0.508 e. The van der Waals surface area contributed by atoms with E-state index in [4.69, 9.17) is 0 Å². The highest BCUT2D eigenvalue weighted by Gasteiger charge is 2.48. The number of alkyl halides is 2. The highest BCUT2D eigenvalue weighted by atomic mass is 79.9. The predicted octanol–water partition coefficient (Wildman–Crippen LogP) is 5.86. The Labute approximate surface area is 161 Å². The number of hydrogen-bond donors (Lipinski definition) is 2. The van der Waals surface area contributed by atoms with Gasteiger partial charge in [-0.25, -0.2) is 0 Å². The number of phenolic OH excluding ortho intramolecular Hbond substituents is 2. The monoisotopic (exact) mass is 502 g/mol. The van der Waals surface area contributed by atoms with Crippen LogP contribution >= 0.6 is 47.8 Å². The van der Waals surface area contributed by atoms with Gasteiger partial charge in [0, 0.05) is 15.1 Å². The molecule has 1 aliphatic rings. The highest BCUT2D eigenvalue weighted by Crippen LogP contribution is 2.52. The molecule has 2 N–H and O–H groups in total. The van der Waals surface area contributed by atoms with Crippen LogP contribution in [-0.2, 0) is 5.41 Å². The topological polar surface area (TPSA) is 40.5 Å². The summed E-state index contributed by atoms with van der Waals surface area (Å²) in [6.45, 7) is 0. The van der Waals surface area contributed by atoms with Crippen molar-refractivity contribution < 1.29 is 10.2 Å². The second kappa shape index (κ2) is 6.77. The van der Waals surface area contributed by atoms with Gasteiger partial charge < -0.3 is 10.2 Å². The number of rotatable bonds is 2. The Hall–Kier alpha value is -0.520. The molecular weight excluding hydrogens is 488 g/mol. The summed E-state index contributed by atoms with van der Waals surface area (Å²) in [5.74, 6) is 0.506. The maximum atomic E-state index is 9.86. The first-order chi connectivity index (χ1) is 11.0. The second-order valence-corrected chi connectivity index (χ2v) is 9.01. The third-order valence-corrected chi connectivity index (χ3v) is 7.67. The van der Waals surface area contributed by atoms with Gasteiger partial charge in [-0.15, -0.1) is 0 Å². The van der Waals surface area contributed by atoms with Gasteiger partial charge in [0.1, 0.15) is 11.5 Å². The molecule has 0 heterocycles. The van der Waals surface area contributed by atoms with Crippen LogP contribution in [0.2, 0.25) is 0 Å². The van der Waals surface area contributed by atoms with Gasteiger partial charge >= 0.3 is 0 Å². The van der Waals surface area contributed by atoms with Crippen LogP contribution in [-0.4, -0.2) is 19.9 Å². The van der Waals surface area contributed by atoms with Crippen LogP contribution in [0.15, 0.2) is 46.9 Å². The lowest BCUT2D eigenvalue weighted by atomic mass is 9.65. The van der Waals surface area contributed by atoms with Gasteiger partial charge in [-0.1, -0.05) is 56.5 Å². The minimum atomic E-state index is -0.262. The number of phenols is 2. The summed E-state index contributed by atoms with van der Waals surface area (Å²) in [5.41, 5.74) is 2.02. The summed E-state index contributed by atoms with van der Waals surface area (Å²) in [7, 11) is 0. The molecule has 2 aromatic rings. The normalized spacial score (nSPS) is 27.8. The average molecular weight is 505 g/mol. The molecular formula is C18H17Br3O2. The van der Waals surface area contributed by atoms with E-state index in [2.05, 4.69) is 47.8 Å². The van der Waals surface area contributed by atoms with E-state index in [1.807, 2.05) is 24.3 Å². The van der Waals surface area contributed by atoms with E-state index in [1.165, 1.54) is 0 Å². The van der Waals surface area contributed by atoms with Gasteiger partial charge in [-0.2, -0.15) is 0 Å². The van der Waals surface area contributed by atoms with Crippen LogP contribution < -0.4 is 0 Å². The molecule has 3 rings (SSSR count). The van der Waals surface area contributed by atoms with Crippen molar-refractivity contribution in [2.75, 3.05) is 0 Å². The van der Waals surface area contributed by atoms with Crippen LogP contribution in [0.25, 0.3) is 0 Å². The third-order valence-electron chi connectivity index (χ3n) is 4.67. The second-order valence-electron chi connectivity index (χ2n) is 5.95. The van der Waals surface area contributed by atoms with Gasteiger partial charge in [0.15, 0.2) is 0 Å². The molecule has 2 unspecified atom stereocenters. The van der Waals surface area contributed by atoms with Crippen molar-refractivity contribution in [2.24, 2.45) is 0 Å². The summed E-state index contributed by atoms with van der Waals surface area (Å²) in [6, 6.07) is 13.2. The van der Waals surface area contributed by atoms with Crippen molar-refractivity contribution in [3.63, 3.8) is 0 Å². The lowest BCUT2D eigenvalue weighted by Gasteiger charge is -2.46. The molecule has 0 aliphatic heterocycles. The van der Waals surface area contributed by atoms with Crippen molar-refractivity contribution in [1.82, 2.24) is 0 Å². The zero-order chi connectivity index (χ0) is 16.6. The molecule has 2 aromatic carbocycles. The molecule has 5 heteroatoms. The summed E-state index contributed by atoms with van der Waals surface area (Å²) < 4.78 is 0.693. The maximum absolute atomic E-state index is 9.86. The van der Waals surface area contributed by atoms with Gasteiger partial charge in [-0.05, 0) is 64.2 Å². The molecule has 0 spiro atoms. The quantitative estimate of drug-likeness (QED) is 0.503. The summed E-state index contributed by atoms with van der Waals surface area (Å²) in [4.78, 5) is 0.517. The molecule has 2 atom stereocenters. The smallest absolute Gasteiger partial charge is 0.129 e. The zero-order valence-corrected chi connectivity index (χ0v) is 17.1. The maximum Gasteiger partial charge on any atom is 0.129 e. The molecule has 1 aliphatic carbocycles. The Morgan fingerprint density at radius 1 is 0.870 bits per heavy atom. The van der Waals surface area contributed by atoms with Crippen LogP contribution in [0.4, 0.5) is 0 Å². The SMILES string of the molecule is Oc1ccc(C2(c3ccc(O)c(Br)c3)C(Br)CCCC2Br)cc1. The molecule has 0 amide bonds. The first-order valence-corrected chi connectivity index (χ1v) is 10.2. The van der Waals surface area contributed by atoms with Crippen LogP contribution in [0, 0.1) is 0 Å². The van der Waals surface area contributed by atoms with Crippen molar-refractivity contribution in [3.05, 3.63) is 58.1 Å². The Kier molecular flexibility index (Phi) is 5.09. The molecule has 23 heavy (non-hydrogen) atoms. The van der Waals surface area contributed by atoms with E-state index >= 15 is 0 Å². The fourth-order valence-electron chi connectivity index (χ4n) is 3.52. The highest BCUT2D eigenvalue weighted by molar-refractivity contribution is 9.10. The molecule has 0 bridgehead atoms. The molecule has 1 fully saturated rings. The number of hydrogen-bond acceptors (Lipinski definition) is 2. The van der Waals surface area contributed by atoms with Crippen molar-refractivity contribution >= 4 is 47.8 Å². The predicted molar refractivity (Wildman–Crippen MR) is 104 cm³/mol. The van der Waals surface area contributed by atoms with E-state index in [9.17, 15) is 10.2 Å². The van der Waals surface area contributed by atoms with E-state index in [0.717, 1.165) is 30.4 Å². The van der Waals surface area contributed by atoms with E-state index < -0.39 is 0 Å². The van der Waals surface area contributed by atoms with Gasteiger partial charge in [0.25, 0.3) is 0 Å².